The van der Waals surface area contributed by atoms with Crippen LogP contribution >= 0.6 is 0 Å². The molecular formula is C14H18N2O3. The van der Waals surface area contributed by atoms with Gasteiger partial charge in [0, 0.05) is 13.1 Å². The standard InChI is InChI=1S/C14H18N2O3/c17-14(11-2-1-5-15-8-11)16-7-10-3-4-12-13(6-10)19-9-18-12/h3-4,6,11,15H,1-2,5,7-9H2,(H,16,17). The van der Waals surface area contributed by atoms with Gasteiger partial charge >= 0.3 is 0 Å². The van der Waals surface area contributed by atoms with E-state index in [-0.39, 0.29) is 18.6 Å². The number of carbonyl (C=O) groups excluding carboxylic acids is 1. The van der Waals surface area contributed by atoms with Crippen molar-refractivity contribution < 1.29 is 14.3 Å². The summed E-state index contributed by atoms with van der Waals surface area (Å²) < 4.78 is 10.6. The average molecular weight is 262 g/mol. The molecule has 0 saturated carbocycles. The number of nitrogens with one attached hydrogen (secondary N) is 2. The molecule has 2 heterocycles. The number of hydrogen-bond donors (Lipinski definition) is 2. The Morgan fingerprint density at radius 1 is 1.37 bits per heavy atom. The maximum atomic E-state index is 12.0. The van der Waals surface area contributed by atoms with Crippen LogP contribution in [0.25, 0.3) is 0 Å². The van der Waals surface area contributed by atoms with E-state index in [4.69, 9.17) is 9.47 Å². The number of hydrogen-bond acceptors (Lipinski definition) is 4. The van der Waals surface area contributed by atoms with E-state index >= 15 is 0 Å². The third-order valence-electron chi connectivity index (χ3n) is 3.57. The predicted molar refractivity (Wildman–Crippen MR) is 70.0 cm³/mol. The second-order valence-corrected chi connectivity index (χ2v) is 4.95. The van der Waals surface area contributed by atoms with E-state index in [1.165, 1.54) is 0 Å². The van der Waals surface area contributed by atoms with Crippen molar-refractivity contribution in [2.45, 2.75) is 19.4 Å². The fourth-order valence-electron chi connectivity index (χ4n) is 2.46. The molecule has 1 unspecified atom stereocenters. The molecule has 1 amide bonds. The zero-order chi connectivity index (χ0) is 13.1. The van der Waals surface area contributed by atoms with Crippen LogP contribution in [0.5, 0.6) is 11.5 Å². The van der Waals surface area contributed by atoms with Crippen LogP contribution < -0.4 is 20.1 Å². The van der Waals surface area contributed by atoms with Crippen molar-refractivity contribution in [3.63, 3.8) is 0 Å². The lowest BCUT2D eigenvalue weighted by atomic mass is 9.99. The molecule has 5 nitrogen and oxygen atoms in total. The van der Waals surface area contributed by atoms with Crippen molar-refractivity contribution in [3.05, 3.63) is 23.8 Å². The van der Waals surface area contributed by atoms with Gasteiger partial charge in [-0.05, 0) is 37.1 Å². The number of ether oxygens (including phenoxy) is 2. The van der Waals surface area contributed by atoms with Crippen LogP contribution in [0.3, 0.4) is 0 Å². The molecule has 0 aliphatic carbocycles. The summed E-state index contributed by atoms with van der Waals surface area (Å²) >= 11 is 0. The molecule has 0 spiro atoms. The second kappa shape index (κ2) is 5.48. The molecule has 5 heteroatoms. The highest BCUT2D eigenvalue weighted by Crippen LogP contribution is 2.32. The second-order valence-electron chi connectivity index (χ2n) is 4.95. The summed E-state index contributed by atoms with van der Waals surface area (Å²) in [6.45, 7) is 2.61. The largest absolute Gasteiger partial charge is 0.454 e. The number of rotatable bonds is 3. The van der Waals surface area contributed by atoms with E-state index in [1.54, 1.807) is 0 Å². The number of amides is 1. The highest BCUT2D eigenvalue weighted by Gasteiger charge is 2.20. The van der Waals surface area contributed by atoms with Crippen LogP contribution in [0.15, 0.2) is 18.2 Å². The van der Waals surface area contributed by atoms with E-state index in [0.717, 1.165) is 43.0 Å². The topological polar surface area (TPSA) is 59.6 Å². The first-order valence-electron chi connectivity index (χ1n) is 6.70. The average Bonchev–Trinajstić information content (AvgIpc) is 2.93. The minimum atomic E-state index is 0.0998. The summed E-state index contributed by atoms with van der Waals surface area (Å²) in [4.78, 5) is 12.0. The first-order chi connectivity index (χ1) is 9.33. The van der Waals surface area contributed by atoms with Crippen molar-refractivity contribution in [2.75, 3.05) is 19.9 Å². The van der Waals surface area contributed by atoms with Gasteiger partial charge in [-0.25, -0.2) is 0 Å². The summed E-state index contributed by atoms with van der Waals surface area (Å²) in [6, 6.07) is 5.75. The molecular weight excluding hydrogens is 244 g/mol. The summed E-state index contributed by atoms with van der Waals surface area (Å²) in [7, 11) is 0. The maximum Gasteiger partial charge on any atom is 0.231 e. The quantitative estimate of drug-likeness (QED) is 0.854. The Hall–Kier alpha value is -1.75. The fraction of sp³-hybridized carbons (Fsp3) is 0.500. The van der Waals surface area contributed by atoms with Gasteiger partial charge in [0.15, 0.2) is 11.5 Å². The Kier molecular flexibility index (Phi) is 3.55. The van der Waals surface area contributed by atoms with Crippen molar-refractivity contribution in [2.24, 2.45) is 5.92 Å². The normalized spacial score (nSPS) is 21.2. The molecule has 1 fully saturated rings. The van der Waals surface area contributed by atoms with Gasteiger partial charge in [-0.2, -0.15) is 0 Å². The lowest BCUT2D eigenvalue weighted by molar-refractivity contribution is -0.125. The molecule has 1 aromatic rings. The predicted octanol–water partition coefficient (Wildman–Crippen LogP) is 1.03. The summed E-state index contributed by atoms with van der Waals surface area (Å²) in [5, 5.41) is 6.24. The number of carbonyl (C=O) groups is 1. The zero-order valence-electron chi connectivity index (χ0n) is 10.8. The number of piperidine rings is 1. The molecule has 0 radical (unpaired) electrons. The van der Waals surface area contributed by atoms with E-state index in [9.17, 15) is 4.79 Å². The third-order valence-corrected chi connectivity index (χ3v) is 3.57. The van der Waals surface area contributed by atoms with E-state index < -0.39 is 0 Å². The SMILES string of the molecule is O=C(NCc1ccc2c(c1)OCO2)C1CCCNC1. The first kappa shape index (κ1) is 12.3. The Balaban J connectivity index is 1.55. The van der Waals surface area contributed by atoms with Crippen molar-refractivity contribution in [1.29, 1.82) is 0 Å². The third kappa shape index (κ3) is 2.81. The zero-order valence-corrected chi connectivity index (χ0v) is 10.8. The minimum Gasteiger partial charge on any atom is -0.454 e. The van der Waals surface area contributed by atoms with Gasteiger partial charge in [-0.3, -0.25) is 4.79 Å². The molecule has 1 aromatic carbocycles. The van der Waals surface area contributed by atoms with Gasteiger partial charge in [0.25, 0.3) is 0 Å². The highest BCUT2D eigenvalue weighted by atomic mass is 16.7. The maximum absolute atomic E-state index is 12.0. The molecule has 0 bridgehead atoms. The molecule has 2 N–H and O–H groups in total. The Morgan fingerprint density at radius 3 is 3.11 bits per heavy atom. The summed E-state index contributed by atoms with van der Waals surface area (Å²) in [5.41, 5.74) is 1.03. The van der Waals surface area contributed by atoms with Crippen molar-refractivity contribution in [3.8, 4) is 11.5 Å². The summed E-state index contributed by atoms with van der Waals surface area (Å²) in [5.74, 6) is 1.75. The molecule has 1 saturated heterocycles. The molecule has 19 heavy (non-hydrogen) atoms. The van der Waals surface area contributed by atoms with E-state index in [2.05, 4.69) is 10.6 Å². The Morgan fingerprint density at radius 2 is 2.26 bits per heavy atom. The van der Waals surface area contributed by atoms with Crippen LogP contribution in [0.2, 0.25) is 0 Å². The van der Waals surface area contributed by atoms with Gasteiger partial charge in [0.05, 0.1) is 5.92 Å². The first-order valence-corrected chi connectivity index (χ1v) is 6.70. The van der Waals surface area contributed by atoms with Crippen LogP contribution in [0.4, 0.5) is 0 Å². The minimum absolute atomic E-state index is 0.0998. The Bertz CT molecular complexity index is 470. The van der Waals surface area contributed by atoms with Gasteiger partial charge in [0.1, 0.15) is 0 Å². The van der Waals surface area contributed by atoms with Gasteiger partial charge in [-0.1, -0.05) is 6.07 Å². The fourth-order valence-corrected chi connectivity index (χ4v) is 2.46. The molecule has 0 aromatic heterocycles. The van der Waals surface area contributed by atoms with Crippen LogP contribution in [0, 0.1) is 5.92 Å². The smallest absolute Gasteiger partial charge is 0.231 e. The van der Waals surface area contributed by atoms with E-state index in [1.807, 2.05) is 18.2 Å². The molecule has 3 rings (SSSR count). The molecule has 1 atom stereocenters. The van der Waals surface area contributed by atoms with Crippen LogP contribution in [-0.2, 0) is 11.3 Å². The molecule has 2 aliphatic rings. The number of benzene rings is 1. The molecule has 102 valence electrons. The molecule has 2 aliphatic heterocycles. The lowest BCUT2D eigenvalue weighted by Gasteiger charge is -2.21. The van der Waals surface area contributed by atoms with Gasteiger partial charge in [-0.15, -0.1) is 0 Å². The number of fused-ring (bicyclic) bond motifs is 1. The van der Waals surface area contributed by atoms with Gasteiger partial charge < -0.3 is 20.1 Å². The van der Waals surface area contributed by atoms with Crippen LogP contribution in [-0.4, -0.2) is 25.8 Å². The Labute approximate surface area is 112 Å². The monoisotopic (exact) mass is 262 g/mol. The van der Waals surface area contributed by atoms with Crippen molar-refractivity contribution in [1.82, 2.24) is 10.6 Å². The van der Waals surface area contributed by atoms with Crippen molar-refractivity contribution >= 4 is 5.91 Å². The van der Waals surface area contributed by atoms with Crippen LogP contribution in [0.1, 0.15) is 18.4 Å². The van der Waals surface area contributed by atoms with E-state index in [0.29, 0.717) is 6.54 Å². The van der Waals surface area contributed by atoms with Gasteiger partial charge in [0.2, 0.25) is 12.7 Å². The lowest BCUT2D eigenvalue weighted by Crippen LogP contribution is -2.40. The highest BCUT2D eigenvalue weighted by molar-refractivity contribution is 5.79. The summed E-state index contributed by atoms with van der Waals surface area (Å²) in [6.07, 6.45) is 2.04.